The van der Waals surface area contributed by atoms with E-state index < -0.39 is 0 Å². The number of hydrogen-bond acceptors (Lipinski definition) is 0. The highest BCUT2D eigenvalue weighted by molar-refractivity contribution is 6.31. The molecule has 20 heavy (non-hydrogen) atoms. The van der Waals surface area contributed by atoms with E-state index in [9.17, 15) is 4.39 Å². The van der Waals surface area contributed by atoms with Crippen LogP contribution in [-0.2, 0) is 6.42 Å². The lowest BCUT2D eigenvalue weighted by molar-refractivity contribution is 0.444. The van der Waals surface area contributed by atoms with Crippen molar-refractivity contribution in [2.45, 2.75) is 58.8 Å². The van der Waals surface area contributed by atoms with E-state index >= 15 is 0 Å². The predicted molar refractivity (Wildman–Crippen MR) is 85.6 cm³/mol. The molecular formula is C18H24ClF. The minimum absolute atomic E-state index is 0.224. The molecule has 2 rings (SSSR count). The summed E-state index contributed by atoms with van der Waals surface area (Å²) in [5.74, 6) is 0.555. The standard InChI is InChI=1S/C18H24ClF/c1-3-5-13-7-9-14(10-8-13)16-12-11-15(6-4-2)17(19)18(16)20/h9,11-13H,3-8,10H2,1-2H3. The lowest BCUT2D eigenvalue weighted by Gasteiger charge is -2.22. The molecule has 2 heteroatoms. The van der Waals surface area contributed by atoms with Crippen molar-refractivity contribution >= 4 is 17.2 Å². The molecule has 0 heterocycles. The SMILES string of the molecule is CCCc1ccc(C2=CCC(CCC)CC2)c(F)c1Cl. The monoisotopic (exact) mass is 294 g/mol. The molecule has 1 aromatic carbocycles. The summed E-state index contributed by atoms with van der Waals surface area (Å²) in [6, 6.07) is 3.90. The summed E-state index contributed by atoms with van der Waals surface area (Å²) in [4.78, 5) is 0. The second-order valence-electron chi connectivity index (χ2n) is 5.81. The molecule has 0 nitrogen and oxygen atoms in total. The lowest BCUT2D eigenvalue weighted by Crippen LogP contribution is -2.06. The van der Waals surface area contributed by atoms with Gasteiger partial charge in [-0.05, 0) is 42.7 Å². The molecule has 1 aliphatic carbocycles. The minimum atomic E-state index is -0.224. The summed E-state index contributed by atoms with van der Waals surface area (Å²) >= 11 is 6.17. The molecule has 0 radical (unpaired) electrons. The van der Waals surface area contributed by atoms with E-state index in [-0.39, 0.29) is 5.82 Å². The molecule has 1 aliphatic rings. The minimum Gasteiger partial charge on any atom is -0.205 e. The maximum Gasteiger partial charge on any atom is 0.149 e. The Balaban J connectivity index is 2.20. The maximum absolute atomic E-state index is 14.4. The van der Waals surface area contributed by atoms with E-state index in [2.05, 4.69) is 19.9 Å². The number of aryl methyl sites for hydroxylation is 1. The van der Waals surface area contributed by atoms with Crippen molar-refractivity contribution < 1.29 is 4.39 Å². The predicted octanol–water partition coefficient (Wildman–Crippen LogP) is 6.42. The third-order valence-electron chi connectivity index (χ3n) is 4.24. The van der Waals surface area contributed by atoms with Crippen LogP contribution in [0.4, 0.5) is 4.39 Å². The smallest absolute Gasteiger partial charge is 0.149 e. The summed E-state index contributed by atoms with van der Waals surface area (Å²) < 4.78 is 14.4. The van der Waals surface area contributed by atoms with E-state index in [0.29, 0.717) is 10.6 Å². The Bertz CT molecular complexity index is 490. The van der Waals surface area contributed by atoms with E-state index in [4.69, 9.17) is 11.6 Å². The Morgan fingerprint density at radius 1 is 1.25 bits per heavy atom. The Hall–Kier alpha value is -0.820. The maximum atomic E-state index is 14.4. The van der Waals surface area contributed by atoms with Gasteiger partial charge in [0.05, 0.1) is 5.02 Å². The van der Waals surface area contributed by atoms with Crippen LogP contribution in [0.2, 0.25) is 5.02 Å². The fourth-order valence-corrected chi connectivity index (χ4v) is 3.36. The van der Waals surface area contributed by atoms with Crippen LogP contribution in [0.5, 0.6) is 0 Å². The third-order valence-corrected chi connectivity index (χ3v) is 4.65. The van der Waals surface area contributed by atoms with E-state index in [1.54, 1.807) is 0 Å². The summed E-state index contributed by atoms with van der Waals surface area (Å²) in [6.45, 7) is 4.31. The van der Waals surface area contributed by atoms with Crippen molar-refractivity contribution in [2.75, 3.05) is 0 Å². The van der Waals surface area contributed by atoms with Gasteiger partial charge in [-0.2, -0.15) is 0 Å². The van der Waals surface area contributed by atoms with Crippen LogP contribution >= 0.6 is 11.6 Å². The quantitative estimate of drug-likeness (QED) is 0.588. The first-order valence-corrected chi connectivity index (χ1v) is 8.21. The zero-order valence-electron chi connectivity index (χ0n) is 12.5. The van der Waals surface area contributed by atoms with Gasteiger partial charge >= 0.3 is 0 Å². The summed E-state index contributed by atoms with van der Waals surface area (Å²) in [5, 5.41) is 0.320. The van der Waals surface area contributed by atoms with Gasteiger partial charge in [0.25, 0.3) is 0 Å². The summed E-state index contributed by atoms with van der Waals surface area (Å²) in [7, 11) is 0. The van der Waals surface area contributed by atoms with Crippen LogP contribution in [0.1, 0.15) is 63.5 Å². The molecule has 110 valence electrons. The van der Waals surface area contributed by atoms with Gasteiger partial charge in [0, 0.05) is 5.56 Å². The van der Waals surface area contributed by atoms with Crippen molar-refractivity contribution in [2.24, 2.45) is 5.92 Å². The highest BCUT2D eigenvalue weighted by atomic mass is 35.5. The first kappa shape index (κ1) is 15.6. The lowest BCUT2D eigenvalue weighted by atomic mass is 9.84. The number of halogens is 2. The van der Waals surface area contributed by atoms with Crippen molar-refractivity contribution in [1.82, 2.24) is 0 Å². The average Bonchev–Trinajstić information content (AvgIpc) is 2.46. The molecule has 0 fully saturated rings. The van der Waals surface area contributed by atoms with E-state index in [1.165, 1.54) is 19.3 Å². The molecule has 0 saturated heterocycles. The van der Waals surface area contributed by atoms with Crippen LogP contribution in [0, 0.1) is 11.7 Å². The van der Waals surface area contributed by atoms with Crippen LogP contribution in [-0.4, -0.2) is 0 Å². The van der Waals surface area contributed by atoms with Gasteiger partial charge in [0.2, 0.25) is 0 Å². The third kappa shape index (κ3) is 3.44. The second kappa shape index (κ2) is 7.26. The normalized spacial score (nSPS) is 19.0. The summed E-state index contributed by atoms with van der Waals surface area (Å²) in [6.07, 6.45) is 9.79. The summed E-state index contributed by atoms with van der Waals surface area (Å²) in [5.41, 5.74) is 2.78. The van der Waals surface area contributed by atoms with E-state index in [0.717, 1.165) is 42.7 Å². The highest BCUT2D eigenvalue weighted by Crippen LogP contribution is 2.36. The van der Waals surface area contributed by atoms with Crippen molar-refractivity contribution in [3.05, 3.63) is 40.2 Å². The number of hydrogen-bond donors (Lipinski definition) is 0. The van der Waals surface area contributed by atoms with Gasteiger partial charge in [-0.1, -0.05) is 62.9 Å². The Labute approximate surface area is 127 Å². The van der Waals surface area contributed by atoms with Crippen LogP contribution < -0.4 is 0 Å². The van der Waals surface area contributed by atoms with Gasteiger partial charge in [-0.25, -0.2) is 4.39 Å². The van der Waals surface area contributed by atoms with Crippen LogP contribution in [0.25, 0.3) is 5.57 Å². The van der Waals surface area contributed by atoms with Gasteiger partial charge < -0.3 is 0 Å². The topological polar surface area (TPSA) is 0 Å². The van der Waals surface area contributed by atoms with Crippen molar-refractivity contribution in [3.63, 3.8) is 0 Å². The van der Waals surface area contributed by atoms with Gasteiger partial charge in [-0.3, -0.25) is 0 Å². The first-order chi connectivity index (χ1) is 9.67. The zero-order valence-corrected chi connectivity index (χ0v) is 13.3. The number of allylic oxidation sites excluding steroid dienone is 2. The molecule has 0 aromatic heterocycles. The molecule has 1 atom stereocenters. The molecule has 0 bridgehead atoms. The zero-order chi connectivity index (χ0) is 14.5. The average molecular weight is 295 g/mol. The molecule has 0 saturated carbocycles. The van der Waals surface area contributed by atoms with Gasteiger partial charge in [0.15, 0.2) is 0 Å². The van der Waals surface area contributed by atoms with E-state index in [1.807, 2.05) is 12.1 Å². The van der Waals surface area contributed by atoms with Crippen LogP contribution in [0.15, 0.2) is 18.2 Å². The molecule has 0 aliphatic heterocycles. The fourth-order valence-electron chi connectivity index (χ4n) is 3.10. The van der Waals surface area contributed by atoms with Crippen LogP contribution in [0.3, 0.4) is 0 Å². The molecular weight excluding hydrogens is 271 g/mol. The fraction of sp³-hybridized carbons (Fsp3) is 0.556. The van der Waals surface area contributed by atoms with Gasteiger partial charge in [0.1, 0.15) is 5.82 Å². The molecule has 0 amide bonds. The van der Waals surface area contributed by atoms with Gasteiger partial charge in [-0.15, -0.1) is 0 Å². The Kier molecular flexibility index (Phi) is 5.65. The molecule has 0 spiro atoms. The molecule has 1 aromatic rings. The Morgan fingerprint density at radius 2 is 2.05 bits per heavy atom. The Morgan fingerprint density at radius 3 is 2.65 bits per heavy atom. The number of rotatable bonds is 5. The molecule has 0 N–H and O–H groups in total. The largest absolute Gasteiger partial charge is 0.205 e. The second-order valence-corrected chi connectivity index (χ2v) is 6.19. The van der Waals surface area contributed by atoms with Crippen molar-refractivity contribution in [3.8, 4) is 0 Å². The van der Waals surface area contributed by atoms with Crippen molar-refractivity contribution in [1.29, 1.82) is 0 Å². The first-order valence-electron chi connectivity index (χ1n) is 7.83. The molecule has 1 unspecified atom stereocenters. The highest BCUT2D eigenvalue weighted by Gasteiger charge is 2.19. The number of benzene rings is 1.